The maximum Gasteiger partial charge on any atom is 0.134 e. The van der Waals surface area contributed by atoms with Crippen LogP contribution in [0.5, 0.6) is 0 Å². The molecule has 5 nitrogen and oxygen atoms in total. The molecule has 0 unspecified atom stereocenters. The zero-order valence-electron chi connectivity index (χ0n) is 11.8. The Morgan fingerprint density at radius 2 is 1.94 bits per heavy atom. The Morgan fingerprint density at radius 3 is 2.39 bits per heavy atom. The SMILES string of the molecule is Cc1nc(N)cc(N(C)CC2(N(C)C)CCC2)n1. The number of hydrogen-bond donors (Lipinski definition) is 1. The van der Waals surface area contributed by atoms with Gasteiger partial charge in [0.1, 0.15) is 17.5 Å². The third-order valence-electron chi connectivity index (χ3n) is 4.00. The van der Waals surface area contributed by atoms with Crippen molar-refractivity contribution in [1.29, 1.82) is 0 Å². The first-order valence-corrected chi connectivity index (χ1v) is 6.43. The first-order chi connectivity index (χ1) is 8.43. The molecule has 0 aromatic carbocycles. The van der Waals surface area contributed by atoms with Gasteiger partial charge in [-0.1, -0.05) is 0 Å². The molecule has 0 spiro atoms. The number of hydrogen-bond acceptors (Lipinski definition) is 5. The predicted molar refractivity (Wildman–Crippen MR) is 74.7 cm³/mol. The first kappa shape index (κ1) is 13.1. The predicted octanol–water partition coefficient (Wildman–Crippen LogP) is 1.29. The summed E-state index contributed by atoms with van der Waals surface area (Å²) in [5.74, 6) is 2.18. The van der Waals surface area contributed by atoms with Gasteiger partial charge in [0, 0.05) is 25.2 Å². The van der Waals surface area contributed by atoms with Crippen LogP contribution in [-0.2, 0) is 0 Å². The fraction of sp³-hybridized carbons (Fsp3) is 0.692. The van der Waals surface area contributed by atoms with Gasteiger partial charge in [-0.3, -0.25) is 0 Å². The number of anilines is 2. The van der Waals surface area contributed by atoms with Gasteiger partial charge in [-0.15, -0.1) is 0 Å². The number of rotatable bonds is 4. The molecule has 0 radical (unpaired) electrons. The van der Waals surface area contributed by atoms with Crippen molar-refractivity contribution in [2.75, 3.05) is 38.3 Å². The Bertz CT molecular complexity index is 405. The quantitative estimate of drug-likeness (QED) is 0.871. The van der Waals surface area contributed by atoms with Gasteiger partial charge in [0.05, 0.1) is 0 Å². The highest BCUT2D eigenvalue weighted by atomic mass is 15.3. The van der Waals surface area contributed by atoms with E-state index in [0.29, 0.717) is 11.4 Å². The highest BCUT2D eigenvalue weighted by molar-refractivity contribution is 5.46. The smallest absolute Gasteiger partial charge is 0.134 e. The summed E-state index contributed by atoms with van der Waals surface area (Å²) in [4.78, 5) is 13.1. The largest absolute Gasteiger partial charge is 0.384 e. The highest BCUT2D eigenvalue weighted by Crippen LogP contribution is 2.37. The van der Waals surface area contributed by atoms with Crippen LogP contribution >= 0.6 is 0 Å². The van der Waals surface area contributed by atoms with Gasteiger partial charge >= 0.3 is 0 Å². The van der Waals surface area contributed by atoms with E-state index in [-0.39, 0.29) is 0 Å². The molecule has 1 aliphatic carbocycles. The molecular weight excluding hydrogens is 226 g/mol. The van der Waals surface area contributed by atoms with Crippen LogP contribution in [0.4, 0.5) is 11.6 Å². The van der Waals surface area contributed by atoms with Gasteiger partial charge in [-0.05, 0) is 40.3 Å². The van der Waals surface area contributed by atoms with Crippen molar-refractivity contribution < 1.29 is 0 Å². The summed E-state index contributed by atoms with van der Waals surface area (Å²) in [6.07, 6.45) is 3.82. The number of aromatic nitrogens is 2. The van der Waals surface area contributed by atoms with E-state index in [2.05, 4.69) is 40.9 Å². The van der Waals surface area contributed by atoms with Crippen molar-refractivity contribution >= 4 is 11.6 Å². The molecule has 0 atom stereocenters. The minimum Gasteiger partial charge on any atom is -0.384 e. The fourth-order valence-corrected chi connectivity index (χ4v) is 2.62. The van der Waals surface area contributed by atoms with E-state index >= 15 is 0 Å². The Morgan fingerprint density at radius 1 is 1.28 bits per heavy atom. The number of nitrogens with two attached hydrogens (primary N) is 1. The van der Waals surface area contributed by atoms with Crippen LogP contribution in [0, 0.1) is 6.92 Å². The molecule has 1 heterocycles. The van der Waals surface area contributed by atoms with Gasteiger partial charge < -0.3 is 15.5 Å². The lowest BCUT2D eigenvalue weighted by Crippen LogP contribution is -2.56. The third kappa shape index (κ3) is 2.41. The summed E-state index contributed by atoms with van der Waals surface area (Å²) in [6, 6.07) is 1.84. The van der Waals surface area contributed by atoms with Gasteiger partial charge in [0.25, 0.3) is 0 Å². The average molecular weight is 249 g/mol. The molecule has 1 aromatic rings. The van der Waals surface area contributed by atoms with E-state index in [9.17, 15) is 0 Å². The lowest BCUT2D eigenvalue weighted by Gasteiger charge is -2.49. The number of nitrogens with zero attached hydrogens (tertiary/aromatic N) is 4. The first-order valence-electron chi connectivity index (χ1n) is 6.43. The normalized spacial score (nSPS) is 17.6. The van der Waals surface area contributed by atoms with Crippen LogP contribution in [0.15, 0.2) is 6.07 Å². The lowest BCUT2D eigenvalue weighted by molar-refractivity contribution is 0.0682. The van der Waals surface area contributed by atoms with Crippen LogP contribution in [-0.4, -0.2) is 48.1 Å². The van der Waals surface area contributed by atoms with Crippen LogP contribution in [0.2, 0.25) is 0 Å². The van der Waals surface area contributed by atoms with Gasteiger partial charge in [0.2, 0.25) is 0 Å². The van der Waals surface area contributed by atoms with Crippen molar-refractivity contribution in [3.63, 3.8) is 0 Å². The van der Waals surface area contributed by atoms with E-state index in [1.54, 1.807) is 0 Å². The molecule has 0 aliphatic heterocycles. The van der Waals surface area contributed by atoms with Crippen LogP contribution in [0.25, 0.3) is 0 Å². The second-order valence-electron chi connectivity index (χ2n) is 5.53. The number of nitrogen functional groups attached to an aromatic ring is 1. The summed E-state index contributed by atoms with van der Waals surface area (Å²) in [6.45, 7) is 2.86. The zero-order valence-corrected chi connectivity index (χ0v) is 11.8. The topological polar surface area (TPSA) is 58.3 Å². The molecule has 0 amide bonds. The van der Waals surface area contributed by atoms with Crippen molar-refractivity contribution in [2.45, 2.75) is 31.7 Å². The fourth-order valence-electron chi connectivity index (χ4n) is 2.62. The standard InChI is InChI=1S/C13H23N5/c1-10-15-11(14)8-12(16-10)18(4)9-13(17(2)3)6-5-7-13/h8H,5-7,9H2,1-4H3,(H2,14,15,16). The molecule has 100 valence electrons. The van der Waals surface area contributed by atoms with Crippen molar-refractivity contribution in [3.05, 3.63) is 11.9 Å². The summed E-state index contributed by atoms with van der Waals surface area (Å²) >= 11 is 0. The number of aryl methyl sites for hydroxylation is 1. The molecule has 5 heteroatoms. The second-order valence-corrected chi connectivity index (χ2v) is 5.53. The molecule has 2 rings (SSSR count). The van der Waals surface area contributed by atoms with Crippen LogP contribution in [0.3, 0.4) is 0 Å². The molecule has 2 N–H and O–H groups in total. The molecule has 0 saturated heterocycles. The Hall–Kier alpha value is -1.36. The van der Waals surface area contributed by atoms with E-state index in [1.807, 2.05) is 13.0 Å². The summed E-state index contributed by atoms with van der Waals surface area (Å²) in [5, 5.41) is 0. The van der Waals surface area contributed by atoms with Gasteiger partial charge in [-0.25, -0.2) is 9.97 Å². The maximum absolute atomic E-state index is 5.78. The van der Waals surface area contributed by atoms with Gasteiger partial charge in [-0.2, -0.15) is 0 Å². The Labute approximate surface area is 109 Å². The molecular formula is C13H23N5. The van der Waals surface area contributed by atoms with E-state index in [1.165, 1.54) is 19.3 Å². The maximum atomic E-state index is 5.78. The monoisotopic (exact) mass is 249 g/mol. The summed E-state index contributed by atoms with van der Waals surface area (Å²) < 4.78 is 0. The summed E-state index contributed by atoms with van der Waals surface area (Å²) in [5.41, 5.74) is 6.07. The minimum absolute atomic E-state index is 0.294. The molecule has 0 bridgehead atoms. The minimum atomic E-state index is 0.294. The van der Waals surface area contributed by atoms with Crippen LogP contribution in [0.1, 0.15) is 25.1 Å². The van der Waals surface area contributed by atoms with E-state index in [4.69, 9.17) is 5.73 Å². The Balaban J connectivity index is 2.14. The van der Waals surface area contributed by atoms with Crippen molar-refractivity contribution in [1.82, 2.24) is 14.9 Å². The Kier molecular flexibility index (Phi) is 3.43. The molecule has 1 fully saturated rings. The van der Waals surface area contributed by atoms with Crippen molar-refractivity contribution in [3.8, 4) is 0 Å². The van der Waals surface area contributed by atoms with E-state index in [0.717, 1.165) is 18.2 Å². The number of likely N-dealkylation sites (N-methyl/N-ethyl adjacent to an activating group) is 2. The van der Waals surface area contributed by atoms with E-state index < -0.39 is 0 Å². The highest BCUT2D eigenvalue weighted by Gasteiger charge is 2.40. The second kappa shape index (κ2) is 4.72. The molecule has 1 aliphatic rings. The van der Waals surface area contributed by atoms with Gasteiger partial charge in [0.15, 0.2) is 0 Å². The zero-order chi connectivity index (χ0) is 13.3. The lowest BCUT2D eigenvalue weighted by atomic mass is 9.75. The van der Waals surface area contributed by atoms with Crippen LogP contribution < -0.4 is 10.6 Å². The third-order valence-corrected chi connectivity index (χ3v) is 4.00. The molecule has 1 saturated carbocycles. The molecule has 18 heavy (non-hydrogen) atoms. The average Bonchev–Trinajstić information content (AvgIpc) is 2.21. The van der Waals surface area contributed by atoms with Crippen molar-refractivity contribution in [2.24, 2.45) is 0 Å². The molecule has 1 aromatic heterocycles. The summed E-state index contributed by atoms with van der Waals surface area (Å²) in [7, 11) is 6.39.